The number of nitrogens with zero attached hydrogens (tertiary/aromatic N) is 1. The van der Waals surface area contributed by atoms with Crippen molar-refractivity contribution in [2.75, 3.05) is 18.0 Å². The molecule has 0 bridgehead atoms. The summed E-state index contributed by atoms with van der Waals surface area (Å²) in [5.41, 5.74) is 7.20. The Kier molecular flexibility index (Phi) is 3.28. The van der Waals surface area contributed by atoms with E-state index >= 15 is 0 Å². The summed E-state index contributed by atoms with van der Waals surface area (Å²) in [5, 5.41) is 0. The zero-order valence-electron chi connectivity index (χ0n) is 8.12. The number of benzene rings is 1. The van der Waals surface area contributed by atoms with Gasteiger partial charge in [0.1, 0.15) is 0 Å². The highest BCUT2D eigenvalue weighted by Gasteiger charge is 2.15. The Morgan fingerprint density at radius 2 is 1.71 bits per heavy atom. The average molecular weight is 302 g/mol. The highest BCUT2D eigenvalue weighted by atomic mass is 127. The van der Waals surface area contributed by atoms with E-state index in [1.54, 1.807) is 0 Å². The number of anilines is 1. The van der Waals surface area contributed by atoms with E-state index in [9.17, 15) is 0 Å². The third-order valence-corrected chi connectivity index (χ3v) is 3.45. The van der Waals surface area contributed by atoms with E-state index in [2.05, 4.69) is 51.8 Å². The van der Waals surface area contributed by atoms with Gasteiger partial charge in [-0.1, -0.05) is 0 Å². The first-order valence-corrected chi connectivity index (χ1v) is 6.09. The monoisotopic (exact) mass is 302 g/mol. The van der Waals surface area contributed by atoms with Crippen molar-refractivity contribution in [3.63, 3.8) is 0 Å². The summed E-state index contributed by atoms with van der Waals surface area (Å²) in [5.74, 6) is 0. The summed E-state index contributed by atoms with van der Waals surface area (Å²) < 4.78 is 1.29. The molecular weight excluding hydrogens is 287 g/mol. The molecule has 1 aliphatic rings. The second kappa shape index (κ2) is 4.49. The first kappa shape index (κ1) is 10.2. The van der Waals surface area contributed by atoms with Gasteiger partial charge in [-0.3, -0.25) is 0 Å². The smallest absolute Gasteiger partial charge is 0.0366 e. The maximum absolute atomic E-state index is 5.87. The molecule has 1 aliphatic heterocycles. The van der Waals surface area contributed by atoms with Crippen molar-refractivity contribution in [1.29, 1.82) is 0 Å². The van der Waals surface area contributed by atoms with Crippen LogP contribution in [0.2, 0.25) is 0 Å². The minimum atomic E-state index is 0.412. The Labute approximate surface area is 98.6 Å². The van der Waals surface area contributed by atoms with E-state index in [-0.39, 0.29) is 0 Å². The van der Waals surface area contributed by atoms with Crippen LogP contribution >= 0.6 is 22.6 Å². The maximum Gasteiger partial charge on any atom is 0.0366 e. The lowest BCUT2D eigenvalue weighted by Gasteiger charge is -2.32. The molecule has 0 aromatic heterocycles. The highest BCUT2D eigenvalue weighted by molar-refractivity contribution is 14.1. The summed E-state index contributed by atoms with van der Waals surface area (Å²) in [7, 11) is 0. The fourth-order valence-electron chi connectivity index (χ4n) is 1.81. The van der Waals surface area contributed by atoms with E-state index in [4.69, 9.17) is 5.73 Å². The van der Waals surface area contributed by atoms with Gasteiger partial charge in [-0.05, 0) is 59.7 Å². The van der Waals surface area contributed by atoms with Gasteiger partial charge in [0.2, 0.25) is 0 Å². The second-order valence-electron chi connectivity index (χ2n) is 3.80. The Morgan fingerprint density at radius 1 is 1.14 bits per heavy atom. The van der Waals surface area contributed by atoms with Crippen LogP contribution in [0, 0.1) is 3.57 Å². The molecule has 0 aliphatic carbocycles. The number of rotatable bonds is 1. The molecule has 2 rings (SSSR count). The number of hydrogen-bond acceptors (Lipinski definition) is 2. The lowest BCUT2D eigenvalue weighted by Crippen LogP contribution is -2.39. The van der Waals surface area contributed by atoms with Gasteiger partial charge < -0.3 is 10.6 Å². The van der Waals surface area contributed by atoms with Crippen molar-refractivity contribution < 1.29 is 0 Å². The van der Waals surface area contributed by atoms with Crippen LogP contribution in [0.25, 0.3) is 0 Å². The summed E-state index contributed by atoms with van der Waals surface area (Å²) in [6.45, 7) is 2.20. The van der Waals surface area contributed by atoms with Crippen LogP contribution in [-0.4, -0.2) is 19.1 Å². The molecule has 0 saturated carbocycles. The summed E-state index contributed by atoms with van der Waals surface area (Å²) in [4.78, 5) is 2.42. The molecule has 14 heavy (non-hydrogen) atoms. The molecule has 2 nitrogen and oxygen atoms in total. The van der Waals surface area contributed by atoms with Crippen LogP contribution in [0.1, 0.15) is 12.8 Å². The minimum Gasteiger partial charge on any atom is -0.371 e. The molecule has 76 valence electrons. The summed E-state index contributed by atoms with van der Waals surface area (Å²) >= 11 is 2.33. The first-order valence-electron chi connectivity index (χ1n) is 5.02. The van der Waals surface area contributed by atoms with Gasteiger partial charge in [0.15, 0.2) is 0 Å². The first-order chi connectivity index (χ1) is 6.75. The molecule has 0 amide bonds. The third-order valence-electron chi connectivity index (χ3n) is 2.73. The van der Waals surface area contributed by atoms with Gasteiger partial charge in [0.25, 0.3) is 0 Å². The lowest BCUT2D eigenvalue weighted by molar-refractivity contribution is 0.501. The van der Waals surface area contributed by atoms with Crippen molar-refractivity contribution in [1.82, 2.24) is 0 Å². The second-order valence-corrected chi connectivity index (χ2v) is 5.05. The van der Waals surface area contributed by atoms with Crippen molar-refractivity contribution in [2.45, 2.75) is 18.9 Å². The predicted molar refractivity (Wildman–Crippen MR) is 68.6 cm³/mol. The zero-order chi connectivity index (χ0) is 9.97. The highest BCUT2D eigenvalue weighted by Crippen LogP contribution is 2.20. The molecule has 1 aromatic rings. The van der Waals surface area contributed by atoms with Crippen LogP contribution in [-0.2, 0) is 0 Å². The Hall–Kier alpha value is -0.290. The normalized spacial score (nSPS) is 18.6. The van der Waals surface area contributed by atoms with Crippen molar-refractivity contribution in [3.8, 4) is 0 Å². The molecule has 0 atom stereocenters. The summed E-state index contributed by atoms with van der Waals surface area (Å²) in [6.07, 6.45) is 2.23. The van der Waals surface area contributed by atoms with Gasteiger partial charge in [-0.25, -0.2) is 0 Å². The predicted octanol–water partition coefficient (Wildman–Crippen LogP) is 2.22. The maximum atomic E-state index is 5.87. The molecule has 1 fully saturated rings. The third kappa shape index (κ3) is 2.39. The Morgan fingerprint density at radius 3 is 2.29 bits per heavy atom. The molecule has 1 saturated heterocycles. The standard InChI is InChI=1S/C11H15IN2/c12-9-1-3-11(4-2-9)14-7-5-10(13)6-8-14/h1-4,10H,5-8,13H2. The average Bonchev–Trinajstić information content (AvgIpc) is 2.21. The molecule has 1 heterocycles. The van der Waals surface area contributed by atoms with Gasteiger partial charge in [-0.2, -0.15) is 0 Å². The van der Waals surface area contributed by atoms with E-state index in [1.165, 1.54) is 9.26 Å². The molecule has 0 unspecified atom stereocenters. The van der Waals surface area contributed by atoms with Gasteiger partial charge >= 0.3 is 0 Å². The zero-order valence-corrected chi connectivity index (χ0v) is 10.3. The fourth-order valence-corrected chi connectivity index (χ4v) is 2.17. The molecule has 1 aromatic carbocycles. The van der Waals surface area contributed by atoms with Crippen molar-refractivity contribution in [3.05, 3.63) is 27.8 Å². The van der Waals surface area contributed by atoms with Crippen LogP contribution in [0.3, 0.4) is 0 Å². The number of piperidine rings is 1. The molecular formula is C11H15IN2. The van der Waals surface area contributed by atoms with E-state index < -0.39 is 0 Å². The number of hydrogen-bond donors (Lipinski definition) is 1. The number of nitrogens with two attached hydrogens (primary N) is 1. The van der Waals surface area contributed by atoms with Gasteiger partial charge in [0, 0.05) is 28.4 Å². The molecule has 2 N–H and O–H groups in total. The number of halogens is 1. The largest absolute Gasteiger partial charge is 0.371 e. The van der Waals surface area contributed by atoms with Crippen LogP contribution in [0.4, 0.5) is 5.69 Å². The lowest BCUT2D eigenvalue weighted by atomic mass is 10.1. The SMILES string of the molecule is NC1CCN(c2ccc(I)cc2)CC1. The van der Waals surface area contributed by atoms with Crippen LogP contribution in [0.5, 0.6) is 0 Å². The van der Waals surface area contributed by atoms with E-state index in [0.29, 0.717) is 6.04 Å². The van der Waals surface area contributed by atoms with Crippen molar-refractivity contribution >= 4 is 28.3 Å². The Balaban J connectivity index is 2.05. The van der Waals surface area contributed by atoms with E-state index in [0.717, 1.165) is 25.9 Å². The van der Waals surface area contributed by atoms with Gasteiger partial charge in [-0.15, -0.1) is 0 Å². The molecule has 0 radical (unpaired) electrons. The molecule has 3 heteroatoms. The topological polar surface area (TPSA) is 29.3 Å². The van der Waals surface area contributed by atoms with Gasteiger partial charge in [0.05, 0.1) is 0 Å². The molecule has 0 spiro atoms. The minimum absolute atomic E-state index is 0.412. The quantitative estimate of drug-likeness (QED) is 0.806. The summed E-state index contributed by atoms with van der Waals surface area (Å²) in [6, 6.07) is 9.11. The van der Waals surface area contributed by atoms with Crippen molar-refractivity contribution in [2.24, 2.45) is 5.73 Å². The van der Waals surface area contributed by atoms with Crippen LogP contribution in [0.15, 0.2) is 24.3 Å². The van der Waals surface area contributed by atoms with E-state index in [1.807, 2.05) is 0 Å². The Bertz CT molecular complexity index is 289. The van der Waals surface area contributed by atoms with Crippen LogP contribution < -0.4 is 10.6 Å². The fraction of sp³-hybridized carbons (Fsp3) is 0.455.